The van der Waals surface area contributed by atoms with Gasteiger partial charge in [0, 0.05) is 35.0 Å². The molecular weight excluding hydrogens is 542 g/mol. The lowest BCUT2D eigenvalue weighted by Crippen LogP contribution is -2.29. The topological polar surface area (TPSA) is 88.5 Å². The van der Waals surface area contributed by atoms with Crippen molar-refractivity contribution in [2.45, 2.75) is 39.8 Å². The minimum absolute atomic E-state index is 0.221. The van der Waals surface area contributed by atoms with Crippen LogP contribution >= 0.6 is 12.2 Å². The van der Waals surface area contributed by atoms with Gasteiger partial charge in [0.25, 0.3) is 0 Å². The number of benzene rings is 2. The van der Waals surface area contributed by atoms with Gasteiger partial charge in [-0.05, 0) is 99.1 Å². The third-order valence-corrected chi connectivity index (χ3v) is 8.02. The van der Waals surface area contributed by atoms with Crippen LogP contribution in [0.5, 0.6) is 5.75 Å². The lowest BCUT2D eigenvalue weighted by atomic mass is 9.96. The maximum atomic E-state index is 11.9. The molecule has 1 aliphatic heterocycles. The summed E-state index contributed by atoms with van der Waals surface area (Å²) in [5, 5.41) is 4.05. The summed E-state index contributed by atoms with van der Waals surface area (Å²) in [6.45, 7) is 8.47. The maximum Gasteiger partial charge on any atom is 0.229 e. The number of aryl methyl sites for hydroxylation is 3. The molecule has 2 N–H and O–H groups in total. The Labute approximate surface area is 241 Å². The highest BCUT2D eigenvalue weighted by Crippen LogP contribution is 2.45. The molecule has 10 heteroatoms. The number of hydrogen-bond donors (Lipinski definition) is 2. The molecule has 2 unspecified atom stereocenters. The van der Waals surface area contributed by atoms with Crippen molar-refractivity contribution in [2.24, 2.45) is 0 Å². The third kappa shape index (κ3) is 5.29. The Hall–Kier alpha value is -3.89. The molecule has 1 saturated heterocycles. The number of pyridine rings is 1. The number of methoxy groups -OCH3 is 1. The molecule has 2 aromatic heterocycles. The second-order valence-corrected chi connectivity index (χ2v) is 12.4. The number of hydrogen-bond acceptors (Lipinski definition) is 5. The molecule has 40 heavy (non-hydrogen) atoms. The van der Waals surface area contributed by atoms with Crippen molar-refractivity contribution in [1.82, 2.24) is 14.9 Å². The van der Waals surface area contributed by atoms with Crippen LogP contribution in [0.3, 0.4) is 0 Å². The van der Waals surface area contributed by atoms with Gasteiger partial charge in [0.15, 0.2) is 5.11 Å². The number of anilines is 2. The molecule has 0 radical (unpaired) electrons. The fourth-order valence-electron chi connectivity index (χ4n) is 5.63. The highest BCUT2D eigenvalue weighted by molar-refractivity contribution is 7.92. The fraction of sp³-hybridized carbons (Fsp3) is 0.267. The fourth-order valence-corrected chi connectivity index (χ4v) is 6.54. The normalized spacial score (nSPS) is 17.1. The van der Waals surface area contributed by atoms with Crippen molar-refractivity contribution in [1.29, 1.82) is 0 Å². The van der Waals surface area contributed by atoms with E-state index in [9.17, 15) is 8.42 Å². The Morgan fingerprint density at radius 2 is 1.70 bits per heavy atom. The molecule has 2 aromatic carbocycles. The van der Waals surface area contributed by atoms with Gasteiger partial charge in [0.1, 0.15) is 5.75 Å². The molecule has 0 aliphatic carbocycles. The lowest BCUT2D eigenvalue weighted by molar-refractivity contribution is 0.417. The van der Waals surface area contributed by atoms with Crippen molar-refractivity contribution in [3.05, 3.63) is 101 Å². The van der Waals surface area contributed by atoms with Gasteiger partial charge in [0.2, 0.25) is 10.0 Å². The smallest absolute Gasteiger partial charge is 0.229 e. The summed E-state index contributed by atoms with van der Waals surface area (Å²) in [5.41, 5.74) is 8.85. The number of aromatic nitrogens is 2. The highest BCUT2D eigenvalue weighted by atomic mass is 32.2. The summed E-state index contributed by atoms with van der Waals surface area (Å²) in [4.78, 5) is 6.73. The Morgan fingerprint density at radius 3 is 2.33 bits per heavy atom. The van der Waals surface area contributed by atoms with E-state index in [4.69, 9.17) is 17.0 Å². The van der Waals surface area contributed by atoms with Crippen LogP contribution in [0.15, 0.2) is 66.9 Å². The average Bonchev–Trinajstić information content (AvgIpc) is 3.38. The van der Waals surface area contributed by atoms with Crippen LogP contribution in [0.1, 0.15) is 45.9 Å². The summed E-state index contributed by atoms with van der Waals surface area (Å²) in [6.07, 6.45) is 2.89. The summed E-state index contributed by atoms with van der Waals surface area (Å²) in [6, 6.07) is 19.5. The summed E-state index contributed by atoms with van der Waals surface area (Å²) in [5.74, 6) is 0.395. The monoisotopic (exact) mass is 575 g/mol. The number of nitrogens with zero attached hydrogens (tertiary/aromatic N) is 3. The number of sulfonamides is 1. The van der Waals surface area contributed by atoms with E-state index in [-0.39, 0.29) is 12.1 Å². The maximum absolute atomic E-state index is 11.9. The number of nitrogens with one attached hydrogen (secondary N) is 2. The van der Waals surface area contributed by atoms with Crippen molar-refractivity contribution in [3.8, 4) is 11.4 Å². The Balaban J connectivity index is 1.67. The van der Waals surface area contributed by atoms with E-state index in [1.807, 2.05) is 24.3 Å². The van der Waals surface area contributed by atoms with E-state index in [0.717, 1.165) is 40.3 Å². The molecule has 0 saturated carbocycles. The second kappa shape index (κ2) is 10.6. The van der Waals surface area contributed by atoms with E-state index in [1.165, 1.54) is 18.2 Å². The van der Waals surface area contributed by atoms with Crippen molar-refractivity contribution >= 4 is 38.7 Å². The molecule has 208 valence electrons. The molecule has 8 nitrogen and oxygen atoms in total. The molecule has 5 rings (SSSR count). The minimum Gasteiger partial charge on any atom is -0.494 e. The molecule has 1 aliphatic rings. The predicted octanol–water partition coefficient (Wildman–Crippen LogP) is 5.66. The molecule has 3 heterocycles. The Morgan fingerprint density at radius 1 is 0.975 bits per heavy atom. The first-order chi connectivity index (χ1) is 19.0. The summed E-state index contributed by atoms with van der Waals surface area (Å²) >= 11 is 5.92. The quantitative estimate of drug-likeness (QED) is 0.275. The average molecular weight is 576 g/mol. The molecule has 0 spiro atoms. The van der Waals surface area contributed by atoms with Crippen LogP contribution in [-0.2, 0) is 10.0 Å². The van der Waals surface area contributed by atoms with Crippen LogP contribution in [0.25, 0.3) is 5.69 Å². The molecule has 0 bridgehead atoms. The van der Waals surface area contributed by atoms with Crippen LogP contribution < -0.4 is 19.7 Å². The summed E-state index contributed by atoms with van der Waals surface area (Å²) < 4.78 is 34.2. The lowest BCUT2D eigenvalue weighted by Gasteiger charge is -2.29. The zero-order valence-electron chi connectivity index (χ0n) is 23.4. The van der Waals surface area contributed by atoms with Crippen molar-refractivity contribution in [3.63, 3.8) is 0 Å². The zero-order valence-corrected chi connectivity index (χ0v) is 25.0. The van der Waals surface area contributed by atoms with E-state index in [2.05, 4.69) is 76.5 Å². The SMILES string of the molecule is COc1cc(N2C(=S)NC(c3ccccn3)C2c2cc(C)n(-c3cc(C)cc(C)c3)c2C)ccc1NS(C)(=O)=O. The Kier molecular flexibility index (Phi) is 7.32. The molecule has 1 fully saturated rings. The van der Waals surface area contributed by atoms with Crippen LogP contribution in [-0.4, -0.2) is 36.4 Å². The standard InChI is InChI=1S/C30H33N5O3S2/c1-18-13-19(2)15-23(14-18)34-20(3)16-24(21(34)4)29-28(26-9-7-8-12-31-26)32-30(39)35(29)22-10-11-25(27(17-22)38-5)33-40(6,36)37/h7-17,28-29,33H,1-6H3,(H,32,39). The van der Waals surface area contributed by atoms with Gasteiger partial charge >= 0.3 is 0 Å². The van der Waals surface area contributed by atoms with Gasteiger partial charge in [-0.25, -0.2) is 8.42 Å². The van der Waals surface area contributed by atoms with E-state index >= 15 is 0 Å². The van der Waals surface area contributed by atoms with Crippen LogP contribution in [0.2, 0.25) is 0 Å². The van der Waals surface area contributed by atoms with Gasteiger partial charge in [-0.1, -0.05) is 12.1 Å². The molecular formula is C30H33N5O3S2. The zero-order chi connectivity index (χ0) is 28.8. The second-order valence-electron chi connectivity index (χ2n) is 10.3. The van der Waals surface area contributed by atoms with Crippen molar-refractivity contribution < 1.29 is 13.2 Å². The van der Waals surface area contributed by atoms with Crippen LogP contribution in [0.4, 0.5) is 11.4 Å². The third-order valence-electron chi connectivity index (χ3n) is 7.11. The first-order valence-electron chi connectivity index (χ1n) is 12.9. The number of rotatable bonds is 7. The van der Waals surface area contributed by atoms with E-state index in [1.54, 1.807) is 18.3 Å². The van der Waals surface area contributed by atoms with Crippen molar-refractivity contribution in [2.75, 3.05) is 23.0 Å². The summed E-state index contributed by atoms with van der Waals surface area (Å²) in [7, 11) is -1.97. The van der Waals surface area contributed by atoms with E-state index in [0.29, 0.717) is 16.5 Å². The first-order valence-corrected chi connectivity index (χ1v) is 15.2. The molecule has 2 atom stereocenters. The van der Waals surface area contributed by atoms with E-state index < -0.39 is 10.0 Å². The van der Waals surface area contributed by atoms with Gasteiger partial charge in [-0.2, -0.15) is 0 Å². The van der Waals surface area contributed by atoms with Gasteiger partial charge in [0.05, 0.1) is 36.8 Å². The molecule has 0 amide bonds. The first kappa shape index (κ1) is 27.7. The van der Waals surface area contributed by atoms with Gasteiger partial charge in [-0.3, -0.25) is 9.71 Å². The van der Waals surface area contributed by atoms with Gasteiger partial charge < -0.3 is 19.5 Å². The number of thiocarbonyl (C=S) groups is 1. The largest absolute Gasteiger partial charge is 0.494 e. The predicted molar refractivity (Wildman–Crippen MR) is 164 cm³/mol. The number of ether oxygens (including phenoxy) is 1. The molecule has 4 aromatic rings. The highest BCUT2D eigenvalue weighted by Gasteiger charge is 2.42. The van der Waals surface area contributed by atoms with Gasteiger partial charge in [-0.15, -0.1) is 0 Å². The minimum atomic E-state index is -3.48. The van der Waals surface area contributed by atoms with Crippen LogP contribution in [0, 0.1) is 27.7 Å². The Bertz CT molecular complexity index is 1680.